The van der Waals surface area contributed by atoms with Crippen LogP contribution in [0.5, 0.6) is 0 Å². The van der Waals surface area contributed by atoms with Crippen LogP contribution < -0.4 is 0 Å². The predicted molar refractivity (Wildman–Crippen MR) is 72.6 cm³/mol. The predicted octanol–water partition coefficient (Wildman–Crippen LogP) is 4.11. The Morgan fingerprint density at radius 3 is 2.56 bits per heavy atom. The lowest BCUT2D eigenvalue weighted by Crippen LogP contribution is -2.57. The molecule has 1 spiro atoms. The molecule has 2 aliphatic rings. The van der Waals surface area contributed by atoms with Crippen LogP contribution in [0, 0.1) is 0 Å². The van der Waals surface area contributed by atoms with Crippen molar-refractivity contribution >= 4 is 6.09 Å². The van der Waals surface area contributed by atoms with Gasteiger partial charge in [-0.1, -0.05) is 12.8 Å². The summed E-state index contributed by atoms with van der Waals surface area (Å²) in [6, 6.07) is 0.0479. The van der Waals surface area contributed by atoms with Gasteiger partial charge in [0.1, 0.15) is 5.60 Å². The standard InChI is InChI=1S/C15H27NO2/c1-12-8-7-11-15(9-5-6-10-15)16(12)13(17)18-14(2,3)4/h12H,5-11H2,1-4H3/t12-/m1/s1/i9D2/t12-,15-. The van der Waals surface area contributed by atoms with Crippen LogP contribution in [0.15, 0.2) is 0 Å². The summed E-state index contributed by atoms with van der Waals surface area (Å²) >= 11 is 0. The molecule has 2 rings (SSSR count). The molecule has 1 saturated heterocycles. The van der Waals surface area contributed by atoms with Gasteiger partial charge < -0.3 is 4.74 Å². The van der Waals surface area contributed by atoms with Crippen molar-refractivity contribution in [3.05, 3.63) is 0 Å². The third-order valence-electron chi connectivity index (χ3n) is 3.93. The molecule has 1 heterocycles. The van der Waals surface area contributed by atoms with E-state index in [1.807, 2.05) is 27.7 Å². The lowest BCUT2D eigenvalue weighted by molar-refractivity contribution is -0.0317. The van der Waals surface area contributed by atoms with E-state index >= 15 is 0 Å². The summed E-state index contributed by atoms with van der Waals surface area (Å²) < 4.78 is 22.3. The Morgan fingerprint density at radius 1 is 1.33 bits per heavy atom. The molecule has 0 aromatic heterocycles. The Morgan fingerprint density at radius 2 is 2.00 bits per heavy atom. The van der Waals surface area contributed by atoms with Gasteiger partial charge in [-0.25, -0.2) is 4.79 Å². The van der Waals surface area contributed by atoms with E-state index in [0.29, 0.717) is 6.42 Å². The zero-order valence-electron chi connectivity index (χ0n) is 14.1. The molecule has 0 bridgehead atoms. The summed E-state index contributed by atoms with van der Waals surface area (Å²) in [5.41, 5.74) is -1.20. The van der Waals surface area contributed by atoms with Crippen LogP contribution in [-0.2, 0) is 4.74 Å². The molecule has 1 amide bonds. The van der Waals surface area contributed by atoms with Gasteiger partial charge in [0, 0.05) is 14.3 Å². The maximum absolute atomic E-state index is 12.6. The summed E-state index contributed by atoms with van der Waals surface area (Å²) in [6.45, 7) is 7.58. The van der Waals surface area contributed by atoms with Crippen molar-refractivity contribution in [2.75, 3.05) is 0 Å². The Balaban J connectivity index is 2.32. The summed E-state index contributed by atoms with van der Waals surface area (Å²) in [6.07, 6.45) is 3.15. The van der Waals surface area contributed by atoms with Gasteiger partial charge in [0.15, 0.2) is 0 Å². The van der Waals surface area contributed by atoms with Gasteiger partial charge in [-0.2, -0.15) is 0 Å². The molecule has 1 saturated carbocycles. The summed E-state index contributed by atoms with van der Waals surface area (Å²) in [5.74, 6) is 0. The molecule has 18 heavy (non-hydrogen) atoms. The van der Waals surface area contributed by atoms with Crippen LogP contribution >= 0.6 is 0 Å². The first-order valence-corrected chi connectivity index (χ1v) is 7.11. The highest BCUT2D eigenvalue weighted by Gasteiger charge is 2.47. The highest BCUT2D eigenvalue weighted by atomic mass is 16.6. The SMILES string of the molecule is [2H]C1([2H])CCC[C@@]12CCC[C@@H](C)N2C(=O)OC(C)(C)C. The third kappa shape index (κ3) is 2.65. The zero-order chi connectivity index (χ0) is 15.2. The van der Waals surface area contributed by atoms with Gasteiger partial charge in [-0.15, -0.1) is 0 Å². The largest absolute Gasteiger partial charge is 0.444 e. The summed E-state index contributed by atoms with van der Waals surface area (Å²) in [7, 11) is 0. The van der Waals surface area contributed by atoms with E-state index in [1.165, 1.54) is 0 Å². The number of carbonyl (C=O) groups excluding carboxylic acids is 1. The van der Waals surface area contributed by atoms with E-state index in [9.17, 15) is 4.79 Å². The molecule has 0 aromatic carbocycles. The molecular weight excluding hydrogens is 226 g/mol. The van der Waals surface area contributed by atoms with Crippen LogP contribution in [0.3, 0.4) is 0 Å². The van der Waals surface area contributed by atoms with Crippen LogP contribution in [-0.4, -0.2) is 28.2 Å². The van der Waals surface area contributed by atoms with E-state index in [4.69, 9.17) is 7.48 Å². The van der Waals surface area contributed by atoms with E-state index in [0.717, 1.165) is 32.1 Å². The van der Waals surface area contributed by atoms with Crippen LogP contribution in [0.4, 0.5) is 4.79 Å². The summed E-state index contributed by atoms with van der Waals surface area (Å²) in [4.78, 5) is 14.3. The van der Waals surface area contributed by atoms with Gasteiger partial charge in [0.05, 0.1) is 0 Å². The molecule has 0 N–H and O–H groups in total. The van der Waals surface area contributed by atoms with Crippen molar-refractivity contribution in [2.24, 2.45) is 0 Å². The highest BCUT2D eigenvalue weighted by Crippen LogP contribution is 2.44. The molecule has 0 radical (unpaired) electrons. The first-order chi connectivity index (χ1) is 9.09. The number of likely N-dealkylation sites (tertiary alicyclic amines) is 1. The van der Waals surface area contributed by atoms with Crippen molar-refractivity contribution in [3.8, 4) is 0 Å². The minimum atomic E-state index is -1.31. The fourth-order valence-electron chi connectivity index (χ4n) is 3.24. The second-order valence-electron chi connectivity index (χ2n) is 6.65. The maximum atomic E-state index is 12.6. The average molecular weight is 255 g/mol. The number of amides is 1. The Labute approximate surface area is 114 Å². The van der Waals surface area contributed by atoms with E-state index in [2.05, 4.69) is 0 Å². The molecule has 104 valence electrons. The Bertz CT molecular complexity index is 392. The van der Waals surface area contributed by atoms with Crippen molar-refractivity contribution in [2.45, 2.75) is 89.8 Å². The lowest BCUT2D eigenvalue weighted by Gasteiger charge is -2.48. The van der Waals surface area contributed by atoms with Gasteiger partial charge >= 0.3 is 6.09 Å². The van der Waals surface area contributed by atoms with Crippen LogP contribution in [0.1, 0.15) is 75.3 Å². The molecule has 0 aromatic rings. The normalized spacial score (nSPS) is 37.3. The molecule has 1 aliphatic carbocycles. The van der Waals surface area contributed by atoms with Crippen LogP contribution in [0.2, 0.25) is 0 Å². The second-order valence-corrected chi connectivity index (χ2v) is 6.65. The van der Waals surface area contributed by atoms with E-state index < -0.39 is 17.5 Å². The zero-order valence-corrected chi connectivity index (χ0v) is 12.1. The maximum Gasteiger partial charge on any atom is 0.410 e. The first kappa shape index (κ1) is 11.1. The summed E-state index contributed by atoms with van der Waals surface area (Å²) in [5, 5.41) is 0. The van der Waals surface area contributed by atoms with Crippen molar-refractivity contribution in [1.82, 2.24) is 4.90 Å². The number of nitrogens with zero attached hydrogens (tertiary/aromatic N) is 1. The van der Waals surface area contributed by atoms with Crippen LogP contribution in [0.25, 0.3) is 0 Å². The molecule has 2 atom stereocenters. The van der Waals surface area contributed by atoms with Crippen molar-refractivity contribution < 1.29 is 12.3 Å². The first-order valence-electron chi connectivity index (χ1n) is 8.11. The van der Waals surface area contributed by atoms with Gasteiger partial charge in [0.25, 0.3) is 0 Å². The lowest BCUT2D eigenvalue weighted by atomic mass is 9.82. The van der Waals surface area contributed by atoms with Gasteiger partial charge in [-0.3, -0.25) is 4.90 Å². The third-order valence-corrected chi connectivity index (χ3v) is 3.93. The average Bonchev–Trinajstić information content (AvgIpc) is 2.52. The number of hydrogen-bond acceptors (Lipinski definition) is 2. The van der Waals surface area contributed by atoms with Gasteiger partial charge in [0.2, 0.25) is 0 Å². The molecule has 1 aliphatic heterocycles. The van der Waals surface area contributed by atoms with Gasteiger partial charge in [-0.05, 0) is 59.8 Å². The van der Waals surface area contributed by atoms with Crippen molar-refractivity contribution in [3.63, 3.8) is 0 Å². The number of ether oxygens (including phenoxy) is 1. The number of hydrogen-bond donors (Lipinski definition) is 0. The smallest absolute Gasteiger partial charge is 0.410 e. The monoisotopic (exact) mass is 255 g/mol. The number of carbonyl (C=O) groups is 1. The molecular formula is C15H27NO2. The Hall–Kier alpha value is -0.730. The minimum absolute atomic E-state index is 0.0479. The van der Waals surface area contributed by atoms with E-state index in [1.54, 1.807) is 4.90 Å². The quantitative estimate of drug-likeness (QED) is 0.652. The number of rotatable bonds is 0. The molecule has 0 unspecified atom stereocenters. The fraction of sp³-hybridized carbons (Fsp3) is 0.933. The highest BCUT2D eigenvalue weighted by molar-refractivity contribution is 5.70. The molecule has 3 nitrogen and oxygen atoms in total. The fourth-order valence-corrected chi connectivity index (χ4v) is 3.24. The van der Waals surface area contributed by atoms with Crippen molar-refractivity contribution in [1.29, 1.82) is 0 Å². The topological polar surface area (TPSA) is 29.5 Å². The number of piperidine rings is 1. The Kier molecular flexibility index (Phi) is 2.93. The second kappa shape index (κ2) is 4.75. The van der Waals surface area contributed by atoms with E-state index in [-0.39, 0.29) is 12.1 Å². The molecule has 2 fully saturated rings. The molecule has 3 heteroatoms. The minimum Gasteiger partial charge on any atom is -0.444 e.